The highest BCUT2D eigenvalue weighted by Gasteiger charge is 2.31. The van der Waals surface area contributed by atoms with Crippen LogP contribution >= 0.6 is 0 Å². The van der Waals surface area contributed by atoms with Crippen LogP contribution in [0.1, 0.15) is 12.0 Å². The van der Waals surface area contributed by atoms with Gasteiger partial charge >= 0.3 is 0 Å². The summed E-state index contributed by atoms with van der Waals surface area (Å²) in [5.41, 5.74) is 9.28. The van der Waals surface area contributed by atoms with Gasteiger partial charge in [0.05, 0.1) is 12.2 Å². The lowest BCUT2D eigenvalue weighted by molar-refractivity contribution is -0.129. The molecule has 8 bridgehead atoms. The number of amides is 2. The summed E-state index contributed by atoms with van der Waals surface area (Å²) >= 11 is 0. The van der Waals surface area contributed by atoms with E-state index in [1.807, 2.05) is 47.4 Å². The van der Waals surface area contributed by atoms with Crippen LogP contribution in [0.2, 0.25) is 0 Å². The molecule has 1 saturated heterocycles. The van der Waals surface area contributed by atoms with Crippen molar-refractivity contribution in [2.75, 3.05) is 49.9 Å². The maximum Gasteiger partial charge on any atom is 0.236 e. The highest BCUT2D eigenvalue weighted by molar-refractivity contribution is 5.81. The first-order chi connectivity index (χ1) is 18.0. The summed E-state index contributed by atoms with van der Waals surface area (Å²) in [5, 5.41) is 9.52. The summed E-state index contributed by atoms with van der Waals surface area (Å²) in [4.78, 5) is 42.4. The smallest absolute Gasteiger partial charge is 0.236 e. The summed E-state index contributed by atoms with van der Waals surface area (Å²) in [5.74, 6) is 0.796. The van der Waals surface area contributed by atoms with Crippen LogP contribution in [-0.2, 0) is 16.1 Å². The number of carbonyl (C=O) groups is 2. The van der Waals surface area contributed by atoms with Gasteiger partial charge in [0.1, 0.15) is 11.9 Å². The highest BCUT2D eigenvalue weighted by atomic mass is 16.2. The average molecular weight is 502 g/mol. The summed E-state index contributed by atoms with van der Waals surface area (Å²) < 4.78 is 0. The van der Waals surface area contributed by atoms with Crippen LogP contribution < -0.4 is 21.7 Å². The van der Waals surface area contributed by atoms with E-state index in [1.54, 1.807) is 12.4 Å². The number of carbonyl (C=O) groups excluding carboxylic acids is 2. The minimum absolute atomic E-state index is 0.0563. The summed E-state index contributed by atoms with van der Waals surface area (Å²) in [6.45, 7) is 3.77. The number of benzene rings is 1. The van der Waals surface area contributed by atoms with E-state index in [1.165, 1.54) is 0 Å². The Labute approximate surface area is 215 Å². The molecule has 3 unspecified atom stereocenters. The van der Waals surface area contributed by atoms with Crippen molar-refractivity contribution in [1.29, 1.82) is 0 Å². The zero-order valence-electron chi connectivity index (χ0n) is 20.6. The molecule has 11 heteroatoms. The number of aromatic nitrogens is 3. The molecule has 3 aromatic rings. The minimum Gasteiger partial charge on any atom is -0.370 e. The van der Waals surface area contributed by atoms with Gasteiger partial charge < -0.3 is 21.7 Å². The summed E-state index contributed by atoms with van der Waals surface area (Å²) in [6.07, 6.45) is 4.25. The lowest BCUT2D eigenvalue weighted by Crippen LogP contribution is -2.58. The first-order valence-electron chi connectivity index (χ1n) is 12.5. The fourth-order valence-corrected chi connectivity index (χ4v) is 4.61. The largest absolute Gasteiger partial charge is 0.370 e. The SMILES string of the molecule is NC(=O)C1CN2CCN1Cc1cccc(c1)Nc1nccc(n1)-c1ccc(nc1)NCCCNC(=O)C2. The highest BCUT2D eigenvalue weighted by Crippen LogP contribution is 2.22. The van der Waals surface area contributed by atoms with Crippen LogP contribution in [-0.4, -0.2) is 81.9 Å². The van der Waals surface area contributed by atoms with Gasteiger partial charge in [-0.1, -0.05) is 12.1 Å². The molecule has 5 N–H and O–H groups in total. The standard InChI is InChI=1S/C26H31N9O2/c27-25(37)22-16-34-11-12-35(22)15-18-3-1-4-20(13-18)32-26-30-10-7-21(33-26)19-5-6-23(31-14-19)28-8-2-9-29-24(36)17-34/h1,3-7,10,13-14,22H,2,8-9,11-12,15-17H2,(H2,27,37)(H,28,31)(H,29,36)(H,30,32,33). The molecule has 11 nitrogen and oxygen atoms in total. The molecule has 0 spiro atoms. The van der Waals surface area contributed by atoms with E-state index in [-0.39, 0.29) is 18.4 Å². The fraction of sp³-hybridized carbons (Fsp3) is 0.346. The van der Waals surface area contributed by atoms with E-state index in [0.717, 1.165) is 34.7 Å². The van der Waals surface area contributed by atoms with Gasteiger partial charge in [0.15, 0.2) is 0 Å². The van der Waals surface area contributed by atoms with Gasteiger partial charge in [-0.3, -0.25) is 19.4 Å². The van der Waals surface area contributed by atoms with Crippen LogP contribution in [0.3, 0.4) is 0 Å². The molecule has 1 aromatic carbocycles. The van der Waals surface area contributed by atoms with Crippen LogP contribution in [0.25, 0.3) is 11.3 Å². The molecule has 5 aliphatic heterocycles. The Balaban J connectivity index is 1.40. The lowest BCUT2D eigenvalue weighted by Gasteiger charge is -2.39. The third-order valence-electron chi connectivity index (χ3n) is 6.54. The molecular formula is C26H31N9O2. The number of nitrogens with zero attached hydrogens (tertiary/aromatic N) is 5. The number of pyridine rings is 1. The second kappa shape index (κ2) is 11.3. The molecule has 7 heterocycles. The van der Waals surface area contributed by atoms with Gasteiger partial charge in [-0.25, -0.2) is 15.0 Å². The van der Waals surface area contributed by atoms with Gasteiger partial charge in [0, 0.05) is 62.9 Å². The van der Waals surface area contributed by atoms with Gasteiger partial charge in [-0.15, -0.1) is 0 Å². The Bertz CT molecular complexity index is 1250. The first-order valence-corrected chi connectivity index (χ1v) is 12.5. The van der Waals surface area contributed by atoms with Crippen LogP contribution in [0.4, 0.5) is 17.5 Å². The number of anilines is 3. The molecule has 0 aliphatic carbocycles. The van der Waals surface area contributed by atoms with Crippen LogP contribution in [0.5, 0.6) is 0 Å². The first kappa shape index (κ1) is 24.6. The van der Waals surface area contributed by atoms with Crippen molar-refractivity contribution in [1.82, 2.24) is 30.1 Å². The summed E-state index contributed by atoms with van der Waals surface area (Å²) in [6, 6.07) is 13.2. The number of rotatable bonds is 1. The third kappa shape index (κ3) is 6.38. The molecule has 8 rings (SSSR count). The molecule has 192 valence electrons. The minimum atomic E-state index is -0.471. The number of primary amides is 1. The molecule has 2 aromatic heterocycles. The molecule has 5 aliphatic rings. The summed E-state index contributed by atoms with van der Waals surface area (Å²) in [7, 11) is 0. The number of nitrogens with one attached hydrogen (secondary N) is 3. The average Bonchev–Trinajstić information content (AvgIpc) is 2.89. The molecule has 0 saturated carbocycles. The molecule has 2 amide bonds. The number of nitrogens with two attached hydrogens (primary N) is 1. The Morgan fingerprint density at radius 1 is 1.03 bits per heavy atom. The lowest BCUT2D eigenvalue weighted by atomic mass is 10.1. The molecule has 37 heavy (non-hydrogen) atoms. The van der Waals surface area contributed by atoms with E-state index < -0.39 is 6.04 Å². The molecule has 0 radical (unpaired) electrons. The van der Waals surface area contributed by atoms with E-state index in [0.29, 0.717) is 45.2 Å². The van der Waals surface area contributed by atoms with E-state index >= 15 is 0 Å². The van der Waals surface area contributed by atoms with Gasteiger partial charge in [0.2, 0.25) is 17.8 Å². The third-order valence-corrected chi connectivity index (χ3v) is 6.54. The second-order valence-corrected chi connectivity index (χ2v) is 9.28. The second-order valence-electron chi connectivity index (χ2n) is 9.28. The zero-order valence-corrected chi connectivity index (χ0v) is 20.6. The monoisotopic (exact) mass is 501 g/mol. The van der Waals surface area contributed by atoms with Crippen LogP contribution in [0, 0.1) is 0 Å². The Morgan fingerprint density at radius 2 is 1.92 bits per heavy atom. The predicted molar refractivity (Wildman–Crippen MR) is 141 cm³/mol. The van der Waals surface area contributed by atoms with Crippen molar-refractivity contribution >= 4 is 29.3 Å². The predicted octanol–water partition coefficient (Wildman–Crippen LogP) is 1.19. The van der Waals surface area contributed by atoms with E-state index in [4.69, 9.17) is 5.73 Å². The van der Waals surface area contributed by atoms with Crippen molar-refractivity contribution in [3.05, 3.63) is 60.4 Å². The quantitative estimate of drug-likeness (QED) is 0.387. The molecule has 1 fully saturated rings. The maximum atomic E-state index is 12.5. The zero-order chi connectivity index (χ0) is 25.6. The van der Waals surface area contributed by atoms with Crippen molar-refractivity contribution in [3.8, 4) is 11.3 Å². The number of hydrogen-bond acceptors (Lipinski definition) is 9. The van der Waals surface area contributed by atoms with Gasteiger partial charge in [0.25, 0.3) is 0 Å². The van der Waals surface area contributed by atoms with Crippen molar-refractivity contribution < 1.29 is 9.59 Å². The Morgan fingerprint density at radius 3 is 2.76 bits per heavy atom. The Kier molecular flexibility index (Phi) is 7.52. The van der Waals surface area contributed by atoms with Crippen molar-refractivity contribution in [3.63, 3.8) is 0 Å². The fourth-order valence-electron chi connectivity index (χ4n) is 4.61. The topological polar surface area (TPSA) is 141 Å². The molecule has 3 atom stereocenters. The van der Waals surface area contributed by atoms with Gasteiger partial charge in [-0.05, 0) is 42.3 Å². The normalized spacial score (nSPS) is 22.4. The van der Waals surface area contributed by atoms with Crippen LogP contribution in [0.15, 0.2) is 54.9 Å². The number of hydrogen-bond donors (Lipinski definition) is 4. The van der Waals surface area contributed by atoms with Crippen molar-refractivity contribution in [2.45, 2.75) is 19.0 Å². The van der Waals surface area contributed by atoms with Gasteiger partial charge in [-0.2, -0.15) is 0 Å². The maximum absolute atomic E-state index is 12.5. The number of piperazine rings is 1. The Hall–Kier alpha value is -4.09. The van der Waals surface area contributed by atoms with Crippen molar-refractivity contribution in [2.24, 2.45) is 5.73 Å². The molecular weight excluding hydrogens is 470 g/mol. The van der Waals surface area contributed by atoms with E-state index in [2.05, 4.69) is 35.8 Å². The van der Waals surface area contributed by atoms with E-state index in [9.17, 15) is 9.59 Å².